The van der Waals surface area contributed by atoms with Crippen LogP contribution in [-0.2, 0) is 9.63 Å². The maximum atomic E-state index is 10.1. The molecule has 0 aliphatic carbocycles. The Bertz CT molecular complexity index is 112. The van der Waals surface area contributed by atoms with Crippen LogP contribution in [0.3, 0.4) is 0 Å². The van der Waals surface area contributed by atoms with Gasteiger partial charge in [-0.25, -0.2) is 5.48 Å². The lowest BCUT2D eigenvalue weighted by molar-refractivity contribution is -0.129. The molecule has 5 heteroatoms. The highest BCUT2D eigenvalue weighted by molar-refractivity contribution is 7.80. The van der Waals surface area contributed by atoms with Crippen molar-refractivity contribution in [1.29, 1.82) is 0 Å². The summed E-state index contributed by atoms with van der Waals surface area (Å²) in [5.41, 5.74) is 7.10. The topological polar surface area (TPSA) is 64.3 Å². The summed E-state index contributed by atoms with van der Waals surface area (Å²) in [6, 6.07) is 0. The summed E-state index contributed by atoms with van der Waals surface area (Å²) in [6.07, 6.45) is 0. The Morgan fingerprint density at radius 3 is 2.78 bits per heavy atom. The Labute approximate surface area is 58.3 Å². The van der Waals surface area contributed by atoms with Crippen LogP contribution < -0.4 is 11.2 Å². The molecule has 0 heterocycles. The first-order chi connectivity index (χ1) is 4.13. The van der Waals surface area contributed by atoms with Gasteiger partial charge in [-0.15, -0.1) is 0 Å². The zero-order valence-electron chi connectivity index (χ0n) is 5.01. The van der Waals surface area contributed by atoms with Gasteiger partial charge in [-0.2, -0.15) is 0 Å². The lowest BCUT2D eigenvalue weighted by atomic mass is 10.7. The average molecular weight is 148 g/mol. The molecule has 0 aromatic heterocycles. The second kappa shape index (κ2) is 4.22. The molecule has 0 rings (SSSR count). The van der Waals surface area contributed by atoms with Crippen LogP contribution in [0.25, 0.3) is 0 Å². The lowest BCUT2D eigenvalue weighted by Gasteiger charge is -1.99. The summed E-state index contributed by atoms with van der Waals surface area (Å²) in [7, 11) is 0. The van der Waals surface area contributed by atoms with E-state index in [0.717, 1.165) is 0 Å². The highest BCUT2D eigenvalue weighted by Gasteiger charge is 1.90. The van der Waals surface area contributed by atoms with Gasteiger partial charge in [0, 0.05) is 6.92 Å². The number of thiocarbonyl (C=S) groups is 1. The van der Waals surface area contributed by atoms with Crippen molar-refractivity contribution in [3.8, 4) is 0 Å². The predicted molar refractivity (Wildman–Crippen MR) is 36.6 cm³/mol. The number of hydrogen-bond acceptors (Lipinski definition) is 3. The molecule has 0 bridgehead atoms. The predicted octanol–water partition coefficient (Wildman–Crippen LogP) is -0.660. The molecular formula is C4H8N2O2S. The quantitative estimate of drug-likeness (QED) is 0.412. The molecule has 0 aliphatic rings. The maximum Gasteiger partial charge on any atom is 0.240 e. The summed E-state index contributed by atoms with van der Waals surface area (Å²) in [4.78, 5) is 14.8. The summed E-state index contributed by atoms with van der Waals surface area (Å²) >= 11 is 4.45. The zero-order valence-corrected chi connectivity index (χ0v) is 5.83. The maximum absolute atomic E-state index is 10.1. The second-order valence-electron chi connectivity index (χ2n) is 1.41. The van der Waals surface area contributed by atoms with Crippen molar-refractivity contribution in [2.45, 2.75) is 6.92 Å². The SMILES string of the molecule is CC(=O)NOCC(N)=S. The van der Waals surface area contributed by atoms with E-state index >= 15 is 0 Å². The Morgan fingerprint density at radius 2 is 2.44 bits per heavy atom. The number of carbonyl (C=O) groups excluding carboxylic acids is 1. The highest BCUT2D eigenvalue weighted by Crippen LogP contribution is 1.68. The van der Waals surface area contributed by atoms with E-state index in [1.165, 1.54) is 6.92 Å². The standard InChI is InChI=1S/C4H8N2O2S/c1-3(7)6-8-2-4(5)9/h2H2,1H3,(H2,5,9)(H,6,7). The van der Waals surface area contributed by atoms with Gasteiger partial charge in [-0.3, -0.25) is 9.63 Å². The molecule has 0 fully saturated rings. The van der Waals surface area contributed by atoms with Crippen LogP contribution in [0.1, 0.15) is 6.92 Å². The van der Waals surface area contributed by atoms with Crippen molar-refractivity contribution in [3.05, 3.63) is 0 Å². The third kappa shape index (κ3) is 7.32. The first-order valence-corrected chi connectivity index (χ1v) is 2.70. The number of hydrogen-bond donors (Lipinski definition) is 2. The average Bonchev–Trinajstić information content (AvgIpc) is 1.63. The highest BCUT2D eigenvalue weighted by atomic mass is 32.1. The molecule has 0 saturated carbocycles. The van der Waals surface area contributed by atoms with Gasteiger partial charge in [0.25, 0.3) is 0 Å². The number of rotatable bonds is 3. The molecule has 52 valence electrons. The molecule has 0 unspecified atom stereocenters. The van der Waals surface area contributed by atoms with Crippen molar-refractivity contribution >= 4 is 23.1 Å². The van der Waals surface area contributed by atoms with Crippen LogP contribution in [0, 0.1) is 0 Å². The van der Waals surface area contributed by atoms with E-state index < -0.39 is 0 Å². The van der Waals surface area contributed by atoms with Gasteiger partial charge in [-0.1, -0.05) is 12.2 Å². The summed E-state index contributed by atoms with van der Waals surface area (Å²) in [5.74, 6) is -0.272. The number of hydroxylamine groups is 1. The summed E-state index contributed by atoms with van der Waals surface area (Å²) in [6.45, 7) is 1.41. The first-order valence-electron chi connectivity index (χ1n) is 2.29. The lowest BCUT2D eigenvalue weighted by Crippen LogP contribution is -2.26. The van der Waals surface area contributed by atoms with Gasteiger partial charge in [0.05, 0.1) is 0 Å². The molecule has 3 N–H and O–H groups in total. The molecule has 0 radical (unpaired) electrons. The number of nitrogens with one attached hydrogen (secondary N) is 1. The van der Waals surface area contributed by atoms with Crippen molar-refractivity contribution in [2.75, 3.05) is 6.61 Å². The summed E-state index contributed by atoms with van der Waals surface area (Å²) < 4.78 is 0. The van der Waals surface area contributed by atoms with Crippen molar-refractivity contribution in [2.24, 2.45) is 5.73 Å². The largest absolute Gasteiger partial charge is 0.391 e. The molecule has 0 aliphatic heterocycles. The van der Waals surface area contributed by atoms with Crippen LogP contribution in [0.2, 0.25) is 0 Å². The Morgan fingerprint density at radius 1 is 1.89 bits per heavy atom. The van der Waals surface area contributed by atoms with E-state index in [-0.39, 0.29) is 17.5 Å². The normalized spacial score (nSPS) is 8.56. The van der Waals surface area contributed by atoms with Gasteiger partial charge in [0.2, 0.25) is 5.91 Å². The molecule has 1 amide bonds. The third-order valence-corrected chi connectivity index (χ3v) is 0.548. The minimum absolute atomic E-state index is 0.0783. The minimum atomic E-state index is -0.272. The molecule has 0 aromatic carbocycles. The molecule has 0 spiro atoms. The van der Waals surface area contributed by atoms with Gasteiger partial charge >= 0.3 is 0 Å². The Balaban J connectivity index is 3.10. The third-order valence-electron chi connectivity index (χ3n) is 0.430. The molecule has 4 nitrogen and oxygen atoms in total. The molecule has 9 heavy (non-hydrogen) atoms. The van der Waals surface area contributed by atoms with Gasteiger partial charge in [0.15, 0.2) is 0 Å². The van der Waals surface area contributed by atoms with E-state index in [4.69, 9.17) is 5.73 Å². The van der Waals surface area contributed by atoms with Crippen LogP contribution in [0.5, 0.6) is 0 Å². The monoisotopic (exact) mass is 148 g/mol. The first kappa shape index (κ1) is 8.32. The van der Waals surface area contributed by atoms with Crippen LogP contribution in [0.15, 0.2) is 0 Å². The van der Waals surface area contributed by atoms with Crippen LogP contribution in [0.4, 0.5) is 0 Å². The summed E-state index contributed by atoms with van der Waals surface area (Å²) in [5, 5.41) is 0. The van der Waals surface area contributed by atoms with Gasteiger partial charge in [-0.05, 0) is 0 Å². The van der Waals surface area contributed by atoms with Crippen LogP contribution >= 0.6 is 12.2 Å². The fourth-order valence-electron chi connectivity index (χ4n) is 0.209. The molecular weight excluding hydrogens is 140 g/mol. The van der Waals surface area contributed by atoms with Crippen molar-refractivity contribution in [3.63, 3.8) is 0 Å². The second-order valence-corrected chi connectivity index (χ2v) is 1.94. The van der Waals surface area contributed by atoms with Gasteiger partial charge in [0.1, 0.15) is 11.6 Å². The number of amides is 1. The molecule has 0 atom stereocenters. The fourth-order valence-corrected chi connectivity index (χ4v) is 0.268. The van der Waals surface area contributed by atoms with Crippen molar-refractivity contribution < 1.29 is 9.63 Å². The van der Waals surface area contributed by atoms with Crippen LogP contribution in [-0.4, -0.2) is 17.5 Å². The van der Waals surface area contributed by atoms with Gasteiger partial charge < -0.3 is 5.73 Å². The Kier molecular flexibility index (Phi) is 3.90. The minimum Gasteiger partial charge on any atom is -0.391 e. The Hall–Kier alpha value is -0.680. The number of carbonyl (C=O) groups is 1. The smallest absolute Gasteiger partial charge is 0.240 e. The van der Waals surface area contributed by atoms with E-state index in [2.05, 4.69) is 22.5 Å². The van der Waals surface area contributed by atoms with E-state index in [1.54, 1.807) is 0 Å². The number of nitrogens with two attached hydrogens (primary N) is 1. The zero-order chi connectivity index (χ0) is 7.28. The molecule has 0 saturated heterocycles. The molecule has 0 aromatic rings. The fraction of sp³-hybridized carbons (Fsp3) is 0.500. The van der Waals surface area contributed by atoms with Crippen molar-refractivity contribution in [1.82, 2.24) is 5.48 Å². The van der Waals surface area contributed by atoms with E-state index in [1.807, 2.05) is 0 Å². The van der Waals surface area contributed by atoms with E-state index in [9.17, 15) is 4.79 Å². The van der Waals surface area contributed by atoms with E-state index in [0.29, 0.717) is 0 Å².